The zero-order chi connectivity index (χ0) is 24.0. The van der Waals surface area contributed by atoms with Crippen molar-refractivity contribution in [2.75, 3.05) is 0 Å². The number of aromatic nitrogens is 1. The van der Waals surface area contributed by atoms with Crippen molar-refractivity contribution in [1.82, 2.24) is 4.98 Å². The number of halogens is 9. The molecule has 1 nitrogen and oxygen atoms in total. The summed E-state index contributed by atoms with van der Waals surface area (Å²) in [6, 6.07) is 12.0. The van der Waals surface area contributed by atoms with E-state index in [0.717, 1.165) is 0 Å². The van der Waals surface area contributed by atoms with E-state index in [1.165, 1.54) is 0 Å². The second-order valence-corrected chi connectivity index (χ2v) is 10.3. The van der Waals surface area contributed by atoms with Gasteiger partial charge in [-0.1, -0.05) is 117 Å². The first-order valence-corrected chi connectivity index (χ1v) is 12.4. The highest BCUT2D eigenvalue weighted by atomic mass is 35.5. The lowest BCUT2D eigenvalue weighted by atomic mass is 9.94. The fourth-order valence-electron chi connectivity index (χ4n) is 3.23. The summed E-state index contributed by atoms with van der Waals surface area (Å²) in [4.78, 5) is 4.58. The first-order valence-electron chi connectivity index (χ1n) is 9.03. The van der Waals surface area contributed by atoms with Crippen LogP contribution in [0.4, 0.5) is 0 Å². The van der Waals surface area contributed by atoms with Crippen molar-refractivity contribution in [1.29, 1.82) is 0 Å². The Balaban J connectivity index is 2.05. The van der Waals surface area contributed by atoms with Gasteiger partial charge in [0.05, 0.1) is 50.9 Å². The van der Waals surface area contributed by atoms with Crippen molar-refractivity contribution >= 4 is 104 Å². The largest absolute Gasteiger partial charge is 0.256 e. The molecule has 0 amide bonds. The first-order chi connectivity index (χ1) is 15.6. The maximum absolute atomic E-state index is 6.58. The molecule has 4 rings (SSSR count). The van der Waals surface area contributed by atoms with Crippen molar-refractivity contribution in [3.05, 3.63) is 93.9 Å². The quantitative estimate of drug-likeness (QED) is 0.209. The number of rotatable bonds is 3. The molecule has 168 valence electrons. The first kappa shape index (κ1) is 25.5. The summed E-state index contributed by atoms with van der Waals surface area (Å²) in [7, 11) is 0. The van der Waals surface area contributed by atoms with Crippen molar-refractivity contribution in [3.8, 4) is 33.5 Å². The molecule has 0 fully saturated rings. The van der Waals surface area contributed by atoms with Gasteiger partial charge in [0, 0.05) is 28.5 Å². The van der Waals surface area contributed by atoms with Gasteiger partial charge in [-0.15, -0.1) is 0 Å². The van der Waals surface area contributed by atoms with Crippen LogP contribution in [0, 0.1) is 0 Å². The van der Waals surface area contributed by atoms with E-state index in [1.807, 2.05) is 0 Å². The van der Waals surface area contributed by atoms with Crippen molar-refractivity contribution in [2.24, 2.45) is 0 Å². The summed E-state index contributed by atoms with van der Waals surface area (Å²) < 4.78 is 0. The molecule has 1 aromatic heterocycles. The predicted molar refractivity (Wildman–Crippen MR) is 146 cm³/mol. The summed E-state index contributed by atoms with van der Waals surface area (Å²) >= 11 is 56.8. The van der Waals surface area contributed by atoms with Crippen LogP contribution in [-0.2, 0) is 0 Å². The summed E-state index contributed by atoms with van der Waals surface area (Å²) in [5.74, 6) is 0. The molecule has 0 spiro atoms. The zero-order valence-electron chi connectivity index (χ0n) is 16.0. The summed E-state index contributed by atoms with van der Waals surface area (Å²) in [5.41, 5.74) is 3.60. The fraction of sp³-hybridized carbons (Fsp3) is 0. The van der Waals surface area contributed by atoms with E-state index >= 15 is 0 Å². The minimum atomic E-state index is 0.216. The summed E-state index contributed by atoms with van der Waals surface area (Å²) in [5, 5.41) is 2.44. The predicted octanol–water partition coefficient (Wildman–Crippen LogP) is 12.0. The Bertz CT molecular complexity index is 1420. The standard InChI is InChI=1S/C23H8Cl9N/c24-14-4-1-9(18(27)21(14)30)12-7-17(11-3-6-16(26)23(32)20(11)29)33-8-13(12)10-2-5-15(25)22(31)19(10)28/h1-8H. The molecule has 0 saturated heterocycles. The Hall–Kier alpha value is -0.580. The number of nitrogens with zero attached hydrogens (tertiary/aromatic N) is 1. The van der Waals surface area contributed by atoms with Gasteiger partial charge in [0.25, 0.3) is 0 Å². The van der Waals surface area contributed by atoms with E-state index < -0.39 is 0 Å². The molecular formula is C23H8Cl9N. The Labute approximate surface area is 235 Å². The minimum absolute atomic E-state index is 0.216. The van der Waals surface area contributed by atoms with Crippen molar-refractivity contribution in [3.63, 3.8) is 0 Å². The fourth-order valence-corrected chi connectivity index (χ4v) is 5.14. The van der Waals surface area contributed by atoms with E-state index in [4.69, 9.17) is 104 Å². The lowest BCUT2D eigenvalue weighted by molar-refractivity contribution is 1.32. The molecule has 3 aromatic carbocycles. The van der Waals surface area contributed by atoms with E-state index in [-0.39, 0.29) is 30.1 Å². The number of hydrogen-bond acceptors (Lipinski definition) is 1. The van der Waals surface area contributed by atoms with E-state index in [2.05, 4.69) is 4.98 Å². The second-order valence-electron chi connectivity index (χ2n) is 6.78. The highest BCUT2D eigenvalue weighted by Gasteiger charge is 2.21. The third-order valence-electron chi connectivity index (χ3n) is 4.87. The SMILES string of the molecule is Clc1ccc(-c2cc(-c3ccc(Cl)c(Cl)c3Cl)c(-c3ccc(Cl)c(Cl)c3Cl)cn2)c(Cl)c1Cl. The van der Waals surface area contributed by atoms with E-state index in [9.17, 15) is 0 Å². The van der Waals surface area contributed by atoms with Crippen LogP contribution in [-0.4, -0.2) is 4.98 Å². The maximum Gasteiger partial charge on any atom is 0.0785 e. The smallest absolute Gasteiger partial charge is 0.0785 e. The molecule has 0 radical (unpaired) electrons. The van der Waals surface area contributed by atoms with Crippen LogP contribution in [0.25, 0.3) is 33.5 Å². The molecule has 33 heavy (non-hydrogen) atoms. The van der Waals surface area contributed by atoms with Crippen LogP contribution in [0.2, 0.25) is 45.2 Å². The van der Waals surface area contributed by atoms with Gasteiger partial charge in [0.15, 0.2) is 0 Å². The highest BCUT2D eigenvalue weighted by Crippen LogP contribution is 2.46. The van der Waals surface area contributed by atoms with Crippen LogP contribution >= 0.6 is 104 Å². The molecule has 0 unspecified atom stereocenters. The molecular weight excluding hydrogens is 609 g/mol. The lowest BCUT2D eigenvalue weighted by Gasteiger charge is -2.17. The van der Waals surface area contributed by atoms with Gasteiger partial charge >= 0.3 is 0 Å². The molecule has 10 heteroatoms. The molecule has 1 heterocycles. The van der Waals surface area contributed by atoms with Gasteiger partial charge < -0.3 is 0 Å². The lowest BCUT2D eigenvalue weighted by Crippen LogP contribution is -1.94. The maximum atomic E-state index is 6.58. The van der Waals surface area contributed by atoms with Gasteiger partial charge in [0.2, 0.25) is 0 Å². The van der Waals surface area contributed by atoms with Crippen LogP contribution in [0.5, 0.6) is 0 Å². The normalized spacial score (nSPS) is 11.2. The second kappa shape index (κ2) is 10.2. The monoisotopic (exact) mass is 613 g/mol. The topological polar surface area (TPSA) is 12.9 Å². The third-order valence-corrected chi connectivity index (χ3v) is 8.75. The average molecular weight is 617 g/mol. The Morgan fingerprint density at radius 3 is 1.27 bits per heavy atom. The van der Waals surface area contributed by atoms with Gasteiger partial charge in [0.1, 0.15) is 0 Å². The third kappa shape index (κ3) is 4.78. The van der Waals surface area contributed by atoms with Gasteiger partial charge in [-0.2, -0.15) is 0 Å². The van der Waals surface area contributed by atoms with Crippen molar-refractivity contribution in [2.45, 2.75) is 0 Å². The van der Waals surface area contributed by atoms with E-state index in [0.29, 0.717) is 48.6 Å². The molecule has 0 aliphatic heterocycles. The highest BCUT2D eigenvalue weighted by molar-refractivity contribution is 6.51. The van der Waals surface area contributed by atoms with Crippen LogP contribution in [0.15, 0.2) is 48.7 Å². The average Bonchev–Trinajstić information content (AvgIpc) is 2.80. The van der Waals surface area contributed by atoms with E-state index in [1.54, 1.807) is 48.7 Å². The molecule has 0 saturated carbocycles. The zero-order valence-corrected chi connectivity index (χ0v) is 22.8. The summed E-state index contributed by atoms with van der Waals surface area (Å²) in [6.45, 7) is 0. The Morgan fingerprint density at radius 2 is 0.788 bits per heavy atom. The van der Waals surface area contributed by atoms with Gasteiger partial charge in [-0.05, 0) is 35.9 Å². The minimum Gasteiger partial charge on any atom is -0.256 e. The number of pyridine rings is 1. The number of benzene rings is 3. The summed E-state index contributed by atoms with van der Waals surface area (Å²) in [6.07, 6.45) is 1.63. The van der Waals surface area contributed by atoms with Crippen molar-refractivity contribution < 1.29 is 0 Å². The van der Waals surface area contributed by atoms with Gasteiger partial charge in [-0.25, -0.2) is 0 Å². The Kier molecular flexibility index (Phi) is 7.88. The van der Waals surface area contributed by atoms with Crippen LogP contribution in [0.1, 0.15) is 0 Å². The number of hydrogen-bond donors (Lipinski definition) is 0. The molecule has 0 aliphatic rings. The Morgan fingerprint density at radius 1 is 0.394 bits per heavy atom. The molecule has 4 aromatic rings. The molecule has 0 bridgehead atoms. The van der Waals surface area contributed by atoms with Crippen LogP contribution < -0.4 is 0 Å². The molecule has 0 aliphatic carbocycles. The van der Waals surface area contributed by atoms with Crippen LogP contribution in [0.3, 0.4) is 0 Å². The molecule has 0 atom stereocenters. The van der Waals surface area contributed by atoms with Gasteiger partial charge in [-0.3, -0.25) is 4.98 Å². The molecule has 0 N–H and O–H groups in total.